The highest BCUT2D eigenvalue weighted by Crippen LogP contribution is 2.32. The molecule has 1 atom stereocenters. The van der Waals surface area contributed by atoms with E-state index >= 15 is 0 Å². The van der Waals surface area contributed by atoms with Crippen molar-refractivity contribution in [2.75, 3.05) is 11.9 Å². The van der Waals surface area contributed by atoms with Gasteiger partial charge in [-0.3, -0.25) is 0 Å². The smallest absolute Gasteiger partial charge is 0.142 e. The van der Waals surface area contributed by atoms with Gasteiger partial charge in [-0.1, -0.05) is 29.3 Å². The lowest BCUT2D eigenvalue weighted by Gasteiger charge is -2.20. The molecule has 1 unspecified atom stereocenters. The summed E-state index contributed by atoms with van der Waals surface area (Å²) in [5.41, 5.74) is 3.08. The van der Waals surface area contributed by atoms with Crippen LogP contribution in [0.15, 0.2) is 36.4 Å². The van der Waals surface area contributed by atoms with E-state index in [2.05, 4.69) is 11.4 Å². The van der Waals surface area contributed by atoms with Crippen molar-refractivity contribution in [3.05, 3.63) is 57.6 Å². The quantitative estimate of drug-likeness (QED) is 0.742. The Morgan fingerprint density at radius 1 is 1.14 bits per heavy atom. The number of rotatable bonds is 5. The second-order valence-corrected chi connectivity index (χ2v) is 5.81. The van der Waals surface area contributed by atoms with Crippen molar-refractivity contribution < 1.29 is 4.74 Å². The topological polar surface area (TPSA) is 21.3 Å². The summed E-state index contributed by atoms with van der Waals surface area (Å²) in [6.45, 7) is 6.70. The zero-order chi connectivity index (χ0) is 15.4. The van der Waals surface area contributed by atoms with Gasteiger partial charge in [-0.25, -0.2) is 0 Å². The van der Waals surface area contributed by atoms with Crippen molar-refractivity contribution in [1.82, 2.24) is 0 Å². The molecular weight excluding hydrogens is 305 g/mol. The minimum absolute atomic E-state index is 0.0260. The van der Waals surface area contributed by atoms with Crippen molar-refractivity contribution in [2.45, 2.75) is 26.8 Å². The van der Waals surface area contributed by atoms with Gasteiger partial charge in [0.05, 0.1) is 18.3 Å². The maximum absolute atomic E-state index is 6.25. The lowest BCUT2D eigenvalue weighted by Crippen LogP contribution is -2.09. The van der Waals surface area contributed by atoms with Crippen LogP contribution in [0.25, 0.3) is 0 Å². The van der Waals surface area contributed by atoms with E-state index in [0.717, 1.165) is 22.6 Å². The highest BCUT2D eigenvalue weighted by Gasteiger charge is 2.13. The molecule has 2 nitrogen and oxygen atoms in total. The summed E-state index contributed by atoms with van der Waals surface area (Å²) >= 11 is 12.3. The number of anilines is 1. The number of ether oxygens (including phenoxy) is 1. The highest BCUT2D eigenvalue weighted by molar-refractivity contribution is 6.33. The molecule has 0 radical (unpaired) electrons. The molecule has 0 aromatic heterocycles. The third kappa shape index (κ3) is 4.05. The summed E-state index contributed by atoms with van der Waals surface area (Å²) in [7, 11) is 0. The largest absolute Gasteiger partial charge is 0.492 e. The van der Waals surface area contributed by atoms with E-state index in [1.54, 1.807) is 6.07 Å². The van der Waals surface area contributed by atoms with Crippen molar-refractivity contribution in [3.8, 4) is 5.75 Å². The Bertz CT molecular complexity index is 628. The third-order valence-electron chi connectivity index (χ3n) is 3.23. The van der Waals surface area contributed by atoms with E-state index in [4.69, 9.17) is 27.9 Å². The molecule has 0 saturated carbocycles. The SMILES string of the molecule is CCOc1cc(C)ccc1NC(C)c1cc(Cl)ccc1Cl. The van der Waals surface area contributed by atoms with Gasteiger partial charge < -0.3 is 10.1 Å². The zero-order valence-corrected chi connectivity index (χ0v) is 13.9. The van der Waals surface area contributed by atoms with E-state index in [1.165, 1.54) is 0 Å². The summed E-state index contributed by atoms with van der Waals surface area (Å²) in [6, 6.07) is 11.6. The van der Waals surface area contributed by atoms with Crippen LogP contribution < -0.4 is 10.1 Å². The molecule has 0 fully saturated rings. The minimum atomic E-state index is 0.0260. The Morgan fingerprint density at radius 3 is 2.62 bits per heavy atom. The molecule has 0 heterocycles. The van der Waals surface area contributed by atoms with E-state index in [9.17, 15) is 0 Å². The third-order valence-corrected chi connectivity index (χ3v) is 3.81. The lowest BCUT2D eigenvalue weighted by molar-refractivity contribution is 0.341. The van der Waals surface area contributed by atoms with Crippen molar-refractivity contribution in [3.63, 3.8) is 0 Å². The Hall–Kier alpha value is -1.38. The van der Waals surface area contributed by atoms with E-state index in [0.29, 0.717) is 16.7 Å². The molecule has 112 valence electrons. The standard InChI is InChI=1S/C17H19Cl2NO/c1-4-21-17-9-11(2)5-8-16(17)20-12(3)14-10-13(18)6-7-15(14)19/h5-10,12,20H,4H2,1-3H3. The van der Waals surface area contributed by atoms with E-state index in [-0.39, 0.29) is 6.04 Å². The van der Waals surface area contributed by atoms with Crippen molar-refractivity contribution >= 4 is 28.9 Å². The van der Waals surface area contributed by atoms with E-state index in [1.807, 2.05) is 45.0 Å². The lowest BCUT2D eigenvalue weighted by atomic mass is 10.1. The predicted octanol–water partition coefficient (Wildman–Crippen LogP) is 5.87. The second-order valence-electron chi connectivity index (χ2n) is 4.96. The Balaban J connectivity index is 2.26. The van der Waals surface area contributed by atoms with Gasteiger partial charge in [0.1, 0.15) is 5.75 Å². The fourth-order valence-corrected chi connectivity index (χ4v) is 2.64. The number of nitrogens with one attached hydrogen (secondary N) is 1. The van der Waals surface area contributed by atoms with Gasteiger partial charge in [-0.2, -0.15) is 0 Å². The molecule has 0 spiro atoms. The first-order valence-electron chi connectivity index (χ1n) is 6.96. The highest BCUT2D eigenvalue weighted by atomic mass is 35.5. The first-order valence-corrected chi connectivity index (χ1v) is 7.71. The maximum Gasteiger partial charge on any atom is 0.142 e. The molecule has 4 heteroatoms. The average Bonchev–Trinajstić information content (AvgIpc) is 2.44. The molecule has 0 aliphatic rings. The first kappa shape index (κ1) is 16.0. The van der Waals surface area contributed by atoms with Gasteiger partial charge in [0.15, 0.2) is 0 Å². The fraction of sp³-hybridized carbons (Fsp3) is 0.294. The molecule has 0 saturated heterocycles. The minimum Gasteiger partial charge on any atom is -0.492 e. The molecule has 0 bridgehead atoms. The summed E-state index contributed by atoms with van der Waals surface area (Å²) in [5, 5.41) is 4.82. The average molecular weight is 324 g/mol. The first-order chi connectivity index (χ1) is 10.0. The Labute approximate surface area is 136 Å². The number of halogens is 2. The van der Waals surface area contributed by atoms with Crippen molar-refractivity contribution in [1.29, 1.82) is 0 Å². The van der Waals surface area contributed by atoms with Crippen LogP contribution in [-0.2, 0) is 0 Å². The molecule has 0 amide bonds. The number of hydrogen-bond acceptors (Lipinski definition) is 2. The number of hydrogen-bond donors (Lipinski definition) is 1. The summed E-state index contributed by atoms with van der Waals surface area (Å²) < 4.78 is 5.69. The number of aryl methyl sites for hydroxylation is 1. The van der Waals surface area contributed by atoms with Gasteiger partial charge in [-0.15, -0.1) is 0 Å². The molecular formula is C17H19Cl2NO. The predicted molar refractivity (Wildman–Crippen MR) is 90.8 cm³/mol. The molecule has 2 aromatic rings. The van der Waals surface area contributed by atoms with Gasteiger partial charge in [-0.05, 0) is 62.2 Å². The van der Waals surface area contributed by atoms with E-state index < -0.39 is 0 Å². The van der Waals surface area contributed by atoms with Crippen LogP contribution in [0.3, 0.4) is 0 Å². The molecule has 0 aliphatic carbocycles. The molecule has 2 rings (SSSR count). The van der Waals surface area contributed by atoms with Gasteiger partial charge in [0.25, 0.3) is 0 Å². The monoisotopic (exact) mass is 323 g/mol. The fourth-order valence-electron chi connectivity index (χ4n) is 2.18. The van der Waals surface area contributed by atoms with Crippen LogP contribution in [0, 0.1) is 6.92 Å². The van der Waals surface area contributed by atoms with Crippen LogP contribution in [0.4, 0.5) is 5.69 Å². The van der Waals surface area contributed by atoms with Crippen molar-refractivity contribution in [2.24, 2.45) is 0 Å². The molecule has 0 aliphatic heterocycles. The Morgan fingerprint density at radius 2 is 1.90 bits per heavy atom. The summed E-state index contributed by atoms with van der Waals surface area (Å²) in [4.78, 5) is 0. The van der Waals surface area contributed by atoms with Crippen LogP contribution in [-0.4, -0.2) is 6.61 Å². The maximum atomic E-state index is 6.25. The molecule has 1 N–H and O–H groups in total. The van der Waals surface area contributed by atoms with Gasteiger partial charge >= 0.3 is 0 Å². The van der Waals surface area contributed by atoms with Crippen LogP contribution >= 0.6 is 23.2 Å². The normalized spacial score (nSPS) is 12.0. The molecule has 21 heavy (non-hydrogen) atoms. The van der Waals surface area contributed by atoms with Crippen LogP contribution in [0.1, 0.15) is 31.0 Å². The molecule has 2 aromatic carbocycles. The van der Waals surface area contributed by atoms with Gasteiger partial charge in [0, 0.05) is 10.0 Å². The summed E-state index contributed by atoms with van der Waals surface area (Å²) in [6.07, 6.45) is 0. The summed E-state index contributed by atoms with van der Waals surface area (Å²) in [5.74, 6) is 0.850. The van der Waals surface area contributed by atoms with Crippen LogP contribution in [0.5, 0.6) is 5.75 Å². The number of benzene rings is 2. The van der Waals surface area contributed by atoms with Gasteiger partial charge in [0.2, 0.25) is 0 Å². The Kier molecular flexibility index (Phi) is 5.38. The zero-order valence-electron chi connectivity index (χ0n) is 12.4. The van der Waals surface area contributed by atoms with Crippen LogP contribution in [0.2, 0.25) is 10.0 Å². The second kappa shape index (κ2) is 7.06.